The molecule has 0 aromatic rings. The molecule has 50 valence electrons. The maximum atomic E-state index is 10.1. The molecule has 0 aliphatic heterocycles. The summed E-state index contributed by atoms with van der Waals surface area (Å²) in [5, 5.41) is 0. The van der Waals surface area contributed by atoms with Gasteiger partial charge in [0.05, 0.1) is 12.9 Å². The summed E-state index contributed by atoms with van der Waals surface area (Å²) in [6.07, 6.45) is 2.37. The average Bonchev–Trinajstić information content (AvgIpc) is 1.59. The van der Waals surface area contributed by atoms with Gasteiger partial charge in [0.1, 0.15) is 0 Å². The molecule has 0 spiro atoms. The smallest absolute Gasteiger partial charge is 1.00 e. The molecule has 0 fully saturated rings. The van der Waals surface area contributed by atoms with E-state index in [1.807, 2.05) is 0 Å². The van der Waals surface area contributed by atoms with Crippen LogP contribution in [0, 0.1) is 0 Å². The van der Waals surface area contributed by atoms with E-state index in [0.717, 1.165) is 6.26 Å². The molecule has 0 aliphatic carbocycles. The zero-order valence-electron chi connectivity index (χ0n) is 6.62. The summed E-state index contributed by atoms with van der Waals surface area (Å²) in [7, 11) is -3.26. The second-order valence-electron chi connectivity index (χ2n) is 1.28. The van der Waals surface area contributed by atoms with E-state index in [1.165, 1.54) is 6.08 Å². The topological polar surface area (TPSA) is 43.4 Å². The molecular weight excluding hydrogens is 214 g/mol. The Bertz CT molecular complexity index is 165. The third-order valence-electron chi connectivity index (χ3n) is 0.400. The molecule has 0 aromatic carbocycles. The molecule has 0 heterocycles. The van der Waals surface area contributed by atoms with Gasteiger partial charge in [0.2, 0.25) is 0 Å². The summed E-state index contributed by atoms with van der Waals surface area (Å²) >= 11 is 0. The van der Waals surface area contributed by atoms with Gasteiger partial charge in [0.25, 0.3) is 10.1 Å². The van der Waals surface area contributed by atoms with Gasteiger partial charge in [-0.3, -0.25) is 4.18 Å². The van der Waals surface area contributed by atoms with Gasteiger partial charge in [-0.05, 0) is 0 Å². The monoisotopic (exact) mass is 222 g/mol. The number of hydrogen-bond donors (Lipinski definition) is 0. The Balaban J connectivity index is -0.000000245. The molecule has 0 N–H and O–H groups in total. The first-order chi connectivity index (χ1) is 3.56. The average molecular weight is 223 g/mol. The van der Waals surface area contributed by atoms with Gasteiger partial charge < -0.3 is 1.43 Å². The molecule has 0 atom stereocenters. The van der Waals surface area contributed by atoms with Gasteiger partial charge in [-0.15, -0.1) is 6.58 Å². The molecular formula is C4H9O3RbS. The van der Waals surface area contributed by atoms with Crippen LogP contribution in [0.3, 0.4) is 0 Å². The van der Waals surface area contributed by atoms with E-state index in [1.54, 1.807) is 0 Å². The maximum Gasteiger partial charge on any atom is 1.00 e. The minimum Gasteiger partial charge on any atom is -1.00 e. The van der Waals surface area contributed by atoms with Crippen molar-refractivity contribution in [3.05, 3.63) is 12.7 Å². The van der Waals surface area contributed by atoms with Crippen LogP contribution in [-0.2, 0) is 14.3 Å². The minimum absolute atomic E-state index is 0. The second-order valence-corrected chi connectivity index (χ2v) is 2.92. The van der Waals surface area contributed by atoms with Crippen LogP contribution in [0.15, 0.2) is 12.7 Å². The first-order valence-electron chi connectivity index (χ1n) is 2.01. The summed E-state index contributed by atoms with van der Waals surface area (Å²) < 4.78 is 24.5. The first-order valence-corrected chi connectivity index (χ1v) is 3.83. The van der Waals surface area contributed by atoms with Gasteiger partial charge in [0, 0.05) is 0 Å². The molecule has 3 nitrogen and oxygen atoms in total. The van der Waals surface area contributed by atoms with Crippen molar-refractivity contribution in [2.45, 2.75) is 0 Å². The fraction of sp³-hybridized carbons (Fsp3) is 0.500. The van der Waals surface area contributed by atoms with Crippen LogP contribution < -0.4 is 58.2 Å². The molecule has 0 rings (SSSR count). The SMILES string of the molecule is C=CCOS(C)(=O)=O.[H-].[Rb+]. The molecule has 0 aromatic heterocycles. The Kier molecular flexibility index (Phi) is 8.98. The molecule has 0 saturated heterocycles. The predicted octanol–water partition coefficient (Wildman–Crippen LogP) is -2.73. The standard InChI is InChI=1S/C4H8O3S.Rb.H/c1-3-4-7-8(2,5)6;;/h3H,1,4H2,2H3;;/q;+1;-1. The Labute approximate surface area is 106 Å². The van der Waals surface area contributed by atoms with Crippen molar-refractivity contribution < 1.29 is 72.2 Å². The third-order valence-corrected chi connectivity index (χ3v) is 0.964. The Morgan fingerprint density at radius 3 is 2.33 bits per heavy atom. The molecule has 0 saturated carbocycles. The normalized spacial score (nSPS) is 9.89. The molecule has 0 unspecified atom stereocenters. The van der Waals surface area contributed by atoms with Crippen LogP contribution in [-0.4, -0.2) is 21.3 Å². The molecule has 9 heavy (non-hydrogen) atoms. The number of hydrogen-bond acceptors (Lipinski definition) is 3. The summed E-state index contributed by atoms with van der Waals surface area (Å²) in [6.45, 7) is 3.33. The minimum atomic E-state index is -3.26. The molecule has 0 radical (unpaired) electrons. The van der Waals surface area contributed by atoms with E-state index in [0.29, 0.717) is 0 Å². The Morgan fingerprint density at radius 1 is 1.78 bits per heavy atom. The van der Waals surface area contributed by atoms with Crippen LogP contribution in [0.1, 0.15) is 1.43 Å². The van der Waals surface area contributed by atoms with Crippen molar-refractivity contribution in [1.29, 1.82) is 0 Å². The van der Waals surface area contributed by atoms with Crippen molar-refractivity contribution in [3.63, 3.8) is 0 Å². The molecule has 0 bridgehead atoms. The van der Waals surface area contributed by atoms with Crippen molar-refractivity contribution in [2.24, 2.45) is 0 Å². The second kappa shape index (κ2) is 6.18. The van der Waals surface area contributed by atoms with E-state index < -0.39 is 10.1 Å². The fourth-order valence-corrected chi connectivity index (χ4v) is 0.515. The van der Waals surface area contributed by atoms with Crippen molar-refractivity contribution in [2.75, 3.05) is 12.9 Å². The van der Waals surface area contributed by atoms with E-state index in [9.17, 15) is 8.42 Å². The van der Waals surface area contributed by atoms with Gasteiger partial charge in [-0.2, -0.15) is 8.42 Å². The van der Waals surface area contributed by atoms with Crippen LogP contribution in [0.2, 0.25) is 0 Å². The summed E-state index contributed by atoms with van der Waals surface area (Å²) in [6, 6.07) is 0. The van der Waals surface area contributed by atoms with E-state index in [-0.39, 0.29) is 66.2 Å². The maximum absolute atomic E-state index is 10.1. The fourth-order valence-electron chi connectivity index (χ4n) is 0.172. The van der Waals surface area contributed by atoms with E-state index in [4.69, 9.17) is 0 Å². The molecule has 0 aliphatic rings. The van der Waals surface area contributed by atoms with Gasteiger partial charge >= 0.3 is 58.2 Å². The van der Waals surface area contributed by atoms with Crippen molar-refractivity contribution in [3.8, 4) is 0 Å². The predicted molar refractivity (Wildman–Crippen MR) is 32.1 cm³/mol. The molecule has 5 heteroatoms. The van der Waals surface area contributed by atoms with E-state index in [2.05, 4.69) is 10.8 Å². The van der Waals surface area contributed by atoms with Crippen LogP contribution in [0.4, 0.5) is 0 Å². The van der Waals surface area contributed by atoms with Crippen LogP contribution in [0.25, 0.3) is 0 Å². The van der Waals surface area contributed by atoms with Crippen molar-refractivity contribution >= 4 is 10.1 Å². The van der Waals surface area contributed by atoms with Gasteiger partial charge in [-0.25, -0.2) is 0 Å². The van der Waals surface area contributed by atoms with Crippen LogP contribution in [0.5, 0.6) is 0 Å². The first kappa shape index (κ1) is 13.1. The zero-order valence-corrected chi connectivity index (χ0v) is 11.4. The largest absolute Gasteiger partial charge is 1.00 e. The summed E-state index contributed by atoms with van der Waals surface area (Å²) in [5.41, 5.74) is 0. The molecule has 0 amide bonds. The van der Waals surface area contributed by atoms with Crippen molar-refractivity contribution in [1.82, 2.24) is 0 Å². The van der Waals surface area contributed by atoms with Gasteiger partial charge in [0.15, 0.2) is 0 Å². The van der Waals surface area contributed by atoms with E-state index >= 15 is 0 Å². The third kappa shape index (κ3) is 12.6. The zero-order chi connectivity index (χ0) is 6.62. The Hall–Kier alpha value is 1.46. The van der Waals surface area contributed by atoms with Gasteiger partial charge in [-0.1, -0.05) is 6.08 Å². The Morgan fingerprint density at radius 2 is 2.22 bits per heavy atom. The summed E-state index contributed by atoms with van der Waals surface area (Å²) in [5.74, 6) is 0. The van der Waals surface area contributed by atoms with Crippen LogP contribution >= 0.6 is 0 Å². The quantitative estimate of drug-likeness (QED) is 0.385. The number of rotatable bonds is 3. The summed E-state index contributed by atoms with van der Waals surface area (Å²) in [4.78, 5) is 0.